The van der Waals surface area contributed by atoms with Gasteiger partial charge in [0.15, 0.2) is 0 Å². The molecule has 7 nitrogen and oxygen atoms in total. The lowest BCUT2D eigenvalue weighted by Gasteiger charge is -2.35. The van der Waals surface area contributed by atoms with Crippen LogP contribution in [0.25, 0.3) is 0 Å². The molecule has 43 heavy (non-hydrogen) atoms. The Morgan fingerprint density at radius 2 is 1.58 bits per heavy atom. The number of hydrogen-bond acceptors (Lipinski definition) is 4. The molecule has 2 amide bonds. The zero-order valence-corrected chi connectivity index (χ0v) is 27.0. The van der Waals surface area contributed by atoms with E-state index in [1.807, 2.05) is 45.9 Å². The Hall–Kier alpha value is -3.36. The molecule has 0 spiro atoms. The Morgan fingerprint density at radius 1 is 0.930 bits per heavy atom. The molecule has 3 aromatic rings. The third-order valence-corrected chi connectivity index (χ3v) is 10.4. The van der Waals surface area contributed by atoms with Crippen molar-refractivity contribution in [1.29, 1.82) is 0 Å². The van der Waals surface area contributed by atoms with E-state index in [-0.39, 0.29) is 23.4 Å². The van der Waals surface area contributed by atoms with Crippen molar-refractivity contribution in [3.8, 4) is 0 Å². The van der Waals surface area contributed by atoms with Crippen molar-refractivity contribution in [1.82, 2.24) is 10.2 Å². The van der Waals surface area contributed by atoms with Crippen molar-refractivity contribution in [2.45, 2.75) is 89.7 Å². The summed E-state index contributed by atoms with van der Waals surface area (Å²) in [5.74, 6) is -0.673. The summed E-state index contributed by atoms with van der Waals surface area (Å²) >= 11 is 6.12. The second-order valence-corrected chi connectivity index (χ2v) is 13.8. The number of benzene rings is 3. The molecule has 0 heterocycles. The molecule has 0 aromatic heterocycles. The number of carbonyl (C=O) groups excluding carboxylic acids is 2. The molecule has 1 N–H and O–H groups in total. The zero-order chi connectivity index (χ0) is 31.1. The molecule has 1 saturated carbocycles. The molecular weight excluding hydrogens is 582 g/mol. The van der Waals surface area contributed by atoms with Gasteiger partial charge in [0.2, 0.25) is 11.8 Å². The first-order valence-corrected chi connectivity index (χ1v) is 16.8. The number of nitrogens with one attached hydrogen (secondary N) is 1. The van der Waals surface area contributed by atoms with Gasteiger partial charge in [0, 0.05) is 17.6 Å². The third kappa shape index (κ3) is 7.98. The molecule has 1 aliphatic rings. The molecule has 0 aliphatic heterocycles. The molecule has 0 radical (unpaired) electrons. The van der Waals surface area contributed by atoms with Gasteiger partial charge in [-0.05, 0) is 87.1 Å². The third-order valence-electron chi connectivity index (χ3n) is 8.34. The second-order valence-electron chi connectivity index (χ2n) is 11.5. The van der Waals surface area contributed by atoms with Gasteiger partial charge >= 0.3 is 0 Å². The second kappa shape index (κ2) is 14.4. The van der Waals surface area contributed by atoms with Gasteiger partial charge in [0.25, 0.3) is 10.0 Å². The van der Waals surface area contributed by atoms with Crippen LogP contribution in [0.1, 0.15) is 67.7 Å². The van der Waals surface area contributed by atoms with Crippen LogP contribution in [0.15, 0.2) is 71.6 Å². The van der Waals surface area contributed by atoms with Crippen LogP contribution in [0.3, 0.4) is 0 Å². The Balaban J connectivity index is 1.73. The number of anilines is 1. The van der Waals surface area contributed by atoms with Gasteiger partial charge in [-0.2, -0.15) is 0 Å². The average Bonchev–Trinajstić information content (AvgIpc) is 2.99. The first-order valence-electron chi connectivity index (χ1n) is 15.0. The molecule has 1 atom stereocenters. The van der Waals surface area contributed by atoms with Crippen molar-refractivity contribution in [2.24, 2.45) is 0 Å². The predicted octanol–water partition coefficient (Wildman–Crippen LogP) is 6.72. The summed E-state index contributed by atoms with van der Waals surface area (Å²) in [6.45, 7) is 7.20. The summed E-state index contributed by atoms with van der Waals surface area (Å²) in [4.78, 5) is 29.6. The van der Waals surface area contributed by atoms with Crippen molar-refractivity contribution < 1.29 is 18.0 Å². The summed E-state index contributed by atoms with van der Waals surface area (Å²) in [7, 11) is -4.12. The number of rotatable bonds is 11. The number of carbonyl (C=O) groups is 2. The molecular formula is C34H42ClN3O4S. The van der Waals surface area contributed by atoms with Crippen LogP contribution in [-0.2, 0) is 26.2 Å². The molecule has 9 heteroatoms. The number of sulfonamides is 1. The minimum absolute atomic E-state index is 0.0798. The van der Waals surface area contributed by atoms with Crippen LogP contribution >= 0.6 is 11.6 Å². The van der Waals surface area contributed by atoms with Crippen molar-refractivity contribution >= 4 is 39.1 Å². The van der Waals surface area contributed by atoms with Crippen LogP contribution in [0, 0.1) is 20.8 Å². The first-order chi connectivity index (χ1) is 20.5. The number of hydrogen-bond donors (Lipinski definition) is 1. The van der Waals surface area contributed by atoms with Gasteiger partial charge in [-0.3, -0.25) is 13.9 Å². The summed E-state index contributed by atoms with van der Waals surface area (Å²) in [6, 6.07) is 18.5. The highest BCUT2D eigenvalue weighted by Gasteiger charge is 2.35. The summed E-state index contributed by atoms with van der Waals surface area (Å²) in [5, 5.41) is 3.74. The average molecular weight is 624 g/mol. The first kappa shape index (κ1) is 32.6. The van der Waals surface area contributed by atoms with Crippen molar-refractivity contribution in [3.05, 3.63) is 94.0 Å². The highest BCUT2D eigenvalue weighted by Crippen LogP contribution is 2.29. The van der Waals surface area contributed by atoms with Gasteiger partial charge in [-0.25, -0.2) is 8.42 Å². The van der Waals surface area contributed by atoms with Crippen LogP contribution < -0.4 is 9.62 Å². The topological polar surface area (TPSA) is 86.8 Å². The molecule has 1 fully saturated rings. The fourth-order valence-corrected chi connectivity index (χ4v) is 7.20. The van der Waals surface area contributed by atoms with E-state index in [9.17, 15) is 18.0 Å². The van der Waals surface area contributed by atoms with Crippen LogP contribution in [0.2, 0.25) is 5.02 Å². The molecule has 0 unspecified atom stereocenters. The number of halogens is 1. The number of aryl methyl sites for hydroxylation is 2. The van der Waals surface area contributed by atoms with Crippen LogP contribution in [-0.4, -0.2) is 43.8 Å². The maximum atomic E-state index is 14.3. The van der Waals surface area contributed by atoms with Gasteiger partial charge in [0.05, 0.1) is 10.6 Å². The Morgan fingerprint density at radius 3 is 2.21 bits per heavy atom. The van der Waals surface area contributed by atoms with Gasteiger partial charge < -0.3 is 10.2 Å². The van der Waals surface area contributed by atoms with E-state index < -0.39 is 28.5 Å². The van der Waals surface area contributed by atoms with Gasteiger partial charge in [-0.15, -0.1) is 0 Å². The highest BCUT2D eigenvalue weighted by atomic mass is 35.5. The number of nitrogens with zero attached hydrogens (tertiary/aromatic N) is 2. The lowest BCUT2D eigenvalue weighted by atomic mass is 9.95. The van der Waals surface area contributed by atoms with Crippen LogP contribution in [0.4, 0.5) is 5.69 Å². The van der Waals surface area contributed by atoms with Crippen LogP contribution in [0.5, 0.6) is 0 Å². The fraction of sp³-hybridized carbons (Fsp3) is 0.412. The van der Waals surface area contributed by atoms with E-state index in [1.54, 1.807) is 48.5 Å². The summed E-state index contributed by atoms with van der Waals surface area (Å²) in [6.07, 6.45) is 5.51. The summed E-state index contributed by atoms with van der Waals surface area (Å²) < 4.78 is 29.5. The minimum atomic E-state index is -4.12. The monoisotopic (exact) mass is 623 g/mol. The van der Waals surface area contributed by atoms with E-state index in [4.69, 9.17) is 11.6 Å². The predicted molar refractivity (Wildman–Crippen MR) is 173 cm³/mol. The highest BCUT2D eigenvalue weighted by molar-refractivity contribution is 7.92. The smallest absolute Gasteiger partial charge is 0.264 e. The standard InChI is InChI=1S/C34H42ClN3O4S/c1-5-31(34(40)36-29-11-7-6-8-12-29)37(22-27-16-18-28(35)19-17-27)33(39)23-38(32-13-9-10-25(3)26(32)4)43(41,42)30-20-14-24(2)15-21-30/h9-10,13-21,29,31H,5-8,11-12,22-23H2,1-4H3,(H,36,40)/t31-/m1/s1. The minimum Gasteiger partial charge on any atom is -0.352 e. The lowest BCUT2D eigenvalue weighted by molar-refractivity contribution is -0.140. The van der Waals surface area contributed by atoms with Gasteiger partial charge in [0.1, 0.15) is 12.6 Å². The Kier molecular flexibility index (Phi) is 10.9. The normalized spacial score (nSPS) is 14.6. The Bertz CT molecular complexity index is 1520. The van der Waals surface area contributed by atoms with Crippen molar-refractivity contribution in [3.63, 3.8) is 0 Å². The quantitative estimate of drug-likeness (QED) is 0.257. The van der Waals surface area contributed by atoms with E-state index in [0.717, 1.165) is 54.4 Å². The molecule has 230 valence electrons. The SMILES string of the molecule is CC[C@H](C(=O)NC1CCCCC1)N(Cc1ccc(Cl)cc1)C(=O)CN(c1cccc(C)c1C)S(=O)(=O)c1ccc(C)cc1. The molecule has 0 saturated heterocycles. The van der Waals surface area contributed by atoms with Crippen molar-refractivity contribution in [2.75, 3.05) is 10.8 Å². The molecule has 4 rings (SSSR count). The van der Waals surface area contributed by atoms with E-state index >= 15 is 0 Å². The lowest BCUT2D eigenvalue weighted by Crippen LogP contribution is -2.54. The molecule has 1 aliphatic carbocycles. The van der Waals surface area contributed by atoms with E-state index in [0.29, 0.717) is 17.1 Å². The largest absolute Gasteiger partial charge is 0.352 e. The number of amides is 2. The van der Waals surface area contributed by atoms with E-state index in [2.05, 4.69) is 5.32 Å². The fourth-order valence-electron chi connectivity index (χ4n) is 5.61. The van der Waals surface area contributed by atoms with Gasteiger partial charge in [-0.1, -0.05) is 79.7 Å². The summed E-state index contributed by atoms with van der Waals surface area (Å²) in [5.41, 5.74) is 3.82. The van der Waals surface area contributed by atoms with E-state index in [1.165, 1.54) is 9.21 Å². The molecule has 0 bridgehead atoms. The maximum Gasteiger partial charge on any atom is 0.264 e. The Labute approximate surface area is 261 Å². The maximum absolute atomic E-state index is 14.3. The zero-order valence-electron chi connectivity index (χ0n) is 25.5. The molecule has 3 aromatic carbocycles.